The number of benzene rings is 2. The monoisotopic (exact) mass is 313 g/mol. The van der Waals surface area contributed by atoms with Crippen molar-refractivity contribution in [3.8, 4) is 5.75 Å². The van der Waals surface area contributed by atoms with Gasteiger partial charge in [-0.05, 0) is 36.6 Å². The van der Waals surface area contributed by atoms with E-state index in [4.69, 9.17) is 4.74 Å². The predicted molar refractivity (Wildman–Crippen MR) is 87.3 cm³/mol. The fraction of sp³-hybridized carbons (Fsp3) is 0.316. The summed E-state index contributed by atoms with van der Waals surface area (Å²) in [5.74, 6) is -0.642. The summed E-state index contributed by atoms with van der Waals surface area (Å²) in [6.07, 6.45) is 3.30. The van der Waals surface area contributed by atoms with Crippen LogP contribution in [0, 0.1) is 5.82 Å². The first-order chi connectivity index (χ1) is 11.1. The lowest BCUT2D eigenvalue weighted by molar-refractivity contribution is 0.0927. The number of carbonyl (C=O) groups is 1. The van der Waals surface area contributed by atoms with Crippen molar-refractivity contribution in [3.05, 3.63) is 65.5 Å². The first-order valence-corrected chi connectivity index (χ1v) is 7.82. The molecule has 3 rings (SSSR count). The summed E-state index contributed by atoms with van der Waals surface area (Å²) in [5, 5.41) is 2.96. The Bertz CT molecular complexity index is 696. The van der Waals surface area contributed by atoms with Crippen LogP contribution in [-0.4, -0.2) is 19.6 Å². The lowest BCUT2D eigenvalue weighted by atomic mass is 9.64. The number of hydrogen-bond acceptors (Lipinski definition) is 2. The second-order valence-corrected chi connectivity index (χ2v) is 6.03. The van der Waals surface area contributed by atoms with E-state index in [1.54, 1.807) is 6.07 Å². The van der Waals surface area contributed by atoms with E-state index in [9.17, 15) is 9.18 Å². The molecule has 4 heteroatoms. The van der Waals surface area contributed by atoms with Crippen LogP contribution < -0.4 is 10.1 Å². The lowest BCUT2D eigenvalue weighted by Crippen LogP contribution is -2.45. The third kappa shape index (κ3) is 3.07. The van der Waals surface area contributed by atoms with E-state index in [2.05, 4.69) is 17.4 Å². The molecular formula is C19H20FNO2. The van der Waals surface area contributed by atoms with Gasteiger partial charge in [0, 0.05) is 17.5 Å². The normalized spacial score (nSPS) is 15.6. The highest BCUT2D eigenvalue weighted by atomic mass is 19.1. The van der Waals surface area contributed by atoms with Crippen LogP contribution in [0.4, 0.5) is 4.39 Å². The Hall–Kier alpha value is -2.36. The summed E-state index contributed by atoms with van der Waals surface area (Å²) in [6, 6.07) is 14.5. The van der Waals surface area contributed by atoms with E-state index >= 15 is 0 Å². The molecule has 0 heterocycles. The molecule has 1 N–H and O–H groups in total. The molecule has 0 radical (unpaired) electrons. The van der Waals surface area contributed by atoms with Crippen LogP contribution in [0.25, 0.3) is 0 Å². The van der Waals surface area contributed by atoms with Crippen LogP contribution in [-0.2, 0) is 5.41 Å². The molecule has 0 spiro atoms. The van der Waals surface area contributed by atoms with Gasteiger partial charge in [0.05, 0.1) is 7.11 Å². The van der Waals surface area contributed by atoms with Crippen molar-refractivity contribution in [2.75, 3.05) is 13.7 Å². The molecule has 0 aromatic heterocycles. The van der Waals surface area contributed by atoms with Crippen LogP contribution in [0.1, 0.15) is 35.2 Å². The summed E-state index contributed by atoms with van der Waals surface area (Å²) >= 11 is 0. The fourth-order valence-corrected chi connectivity index (χ4v) is 3.12. The Kier molecular flexibility index (Phi) is 4.33. The number of carbonyl (C=O) groups excluding carboxylic acids is 1. The van der Waals surface area contributed by atoms with Crippen molar-refractivity contribution in [3.63, 3.8) is 0 Å². The maximum atomic E-state index is 13.7. The molecule has 1 fully saturated rings. The molecule has 1 aliphatic carbocycles. The number of ether oxygens (including phenoxy) is 1. The average Bonchev–Trinajstić information content (AvgIpc) is 2.54. The second kappa shape index (κ2) is 6.41. The molecule has 2 aromatic rings. The molecule has 120 valence electrons. The zero-order chi connectivity index (χ0) is 16.3. The van der Waals surface area contributed by atoms with Crippen molar-refractivity contribution < 1.29 is 13.9 Å². The maximum absolute atomic E-state index is 13.7. The molecule has 0 saturated heterocycles. The Morgan fingerprint density at radius 2 is 1.96 bits per heavy atom. The van der Waals surface area contributed by atoms with Crippen molar-refractivity contribution in [2.24, 2.45) is 0 Å². The van der Waals surface area contributed by atoms with Crippen LogP contribution in [0.15, 0.2) is 48.5 Å². The van der Waals surface area contributed by atoms with Gasteiger partial charge in [-0.3, -0.25) is 4.79 Å². The Morgan fingerprint density at radius 1 is 1.22 bits per heavy atom. The SMILES string of the molecule is COc1ccc(C(=O)NCC2(c3ccccc3)CCC2)cc1F. The van der Waals surface area contributed by atoms with Crippen molar-refractivity contribution in [2.45, 2.75) is 24.7 Å². The number of methoxy groups -OCH3 is 1. The zero-order valence-electron chi connectivity index (χ0n) is 13.1. The van der Waals surface area contributed by atoms with Crippen molar-refractivity contribution >= 4 is 5.91 Å². The van der Waals surface area contributed by atoms with Crippen molar-refractivity contribution in [1.82, 2.24) is 5.32 Å². The minimum atomic E-state index is -0.526. The van der Waals surface area contributed by atoms with E-state index in [0.717, 1.165) is 12.8 Å². The van der Waals surface area contributed by atoms with Gasteiger partial charge in [-0.1, -0.05) is 36.8 Å². The largest absolute Gasteiger partial charge is 0.494 e. The summed E-state index contributed by atoms with van der Waals surface area (Å²) in [7, 11) is 1.40. The van der Waals surface area contributed by atoms with E-state index in [0.29, 0.717) is 12.1 Å². The molecular weight excluding hydrogens is 293 g/mol. The Labute approximate surface area is 135 Å². The van der Waals surface area contributed by atoms with Gasteiger partial charge in [0.15, 0.2) is 11.6 Å². The summed E-state index contributed by atoms with van der Waals surface area (Å²) in [6.45, 7) is 0.573. The van der Waals surface area contributed by atoms with E-state index in [-0.39, 0.29) is 17.1 Å². The second-order valence-electron chi connectivity index (χ2n) is 6.03. The van der Waals surface area contributed by atoms with E-state index < -0.39 is 5.82 Å². The maximum Gasteiger partial charge on any atom is 0.251 e. The van der Waals surface area contributed by atoms with Crippen LogP contribution in [0.2, 0.25) is 0 Å². The molecule has 0 atom stereocenters. The van der Waals surface area contributed by atoms with Crippen molar-refractivity contribution in [1.29, 1.82) is 0 Å². The lowest BCUT2D eigenvalue weighted by Gasteiger charge is -2.42. The number of rotatable bonds is 5. The van der Waals surface area contributed by atoms with Crippen LogP contribution in [0.5, 0.6) is 5.75 Å². The van der Waals surface area contributed by atoms with Gasteiger partial charge >= 0.3 is 0 Å². The highest BCUT2D eigenvalue weighted by Crippen LogP contribution is 2.43. The summed E-state index contributed by atoms with van der Waals surface area (Å²) < 4.78 is 18.6. The molecule has 3 nitrogen and oxygen atoms in total. The highest BCUT2D eigenvalue weighted by Gasteiger charge is 2.38. The van der Waals surface area contributed by atoms with Crippen LogP contribution in [0.3, 0.4) is 0 Å². The smallest absolute Gasteiger partial charge is 0.251 e. The first kappa shape index (κ1) is 15.5. The quantitative estimate of drug-likeness (QED) is 0.914. The number of nitrogens with one attached hydrogen (secondary N) is 1. The Balaban J connectivity index is 1.70. The minimum Gasteiger partial charge on any atom is -0.494 e. The molecule has 23 heavy (non-hydrogen) atoms. The van der Waals surface area contributed by atoms with E-state index in [1.165, 1.54) is 31.2 Å². The zero-order valence-corrected chi connectivity index (χ0v) is 13.1. The van der Waals surface area contributed by atoms with Gasteiger partial charge < -0.3 is 10.1 Å². The number of amides is 1. The van der Waals surface area contributed by atoms with E-state index in [1.807, 2.05) is 18.2 Å². The first-order valence-electron chi connectivity index (χ1n) is 7.82. The standard InChI is InChI=1S/C19H20FNO2/c1-23-17-9-8-14(12-16(17)20)18(22)21-13-19(10-5-11-19)15-6-3-2-4-7-15/h2-4,6-9,12H,5,10-11,13H2,1H3,(H,21,22). The van der Waals surface area contributed by atoms with Gasteiger partial charge in [0.2, 0.25) is 0 Å². The van der Waals surface area contributed by atoms with Gasteiger partial charge in [0.1, 0.15) is 0 Å². The van der Waals surface area contributed by atoms with Gasteiger partial charge in [0.25, 0.3) is 5.91 Å². The average molecular weight is 313 g/mol. The minimum absolute atomic E-state index is 0.0158. The predicted octanol–water partition coefficient (Wildman–Crippen LogP) is 3.69. The number of hydrogen-bond donors (Lipinski definition) is 1. The summed E-state index contributed by atoms with van der Waals surface area (Å²) in [4.78, 5) is 12.3. The molecule has 2 aromatic carbocycles. The molecule has 0 bridgehead atoms. The topological polar surface area (TPSA) is 38.3 Å². The number of halogens is 1. The molecule has 1 amide bonds. The fourth-order valence-electron chi connectivity index (χ4n) is 3.12. The molecule has 1 saturated carbocycles. The third-order valence-electron chi connectivity index (χ3n) is 4.70. The summed E-state index contributed by atoms with van der Waals surface area (Å²) in [5.41, 5.74) is 1.58. The molecule has 1 aliphatic rings. The molecule has 0 aliphatic heterocycles. The van der Waals surface area contributed by atoms with Crippen LogP contribution >= 0.6 is 0 Å². The highest BCUT2D eigenvalue weighted by molar-refractivity contribution is 5.94. The van der Waals surface area contributed by atoms with Gasteiger partial charge in [-0.2, -0.15) is 0 Å². The van der Waals surface area contributed by atoms with Gasteiger partial charge in [-0.15, -0.1) is 0 Å². The third-order valence-corrected chi connectivity index (χ3v) is 4.70. The van der Waals surface area contributed by atoms with Gasteiger partial charge in [-0.25, -0.2) is 4.39 Å². The molecule has 0 unspecified atom stereocenters. The Morgan fingerprint density at radius 3 is 2.52 bits per heavy atom.